The van der Waals surface area contributed by atoms with Gasteiger partial charge in [0.05, 0.1) is 5.52 Å². The molecule has 0 bridgehead atoms. The molecule has 4 aromatic carbocycles. The molecule has 0 atom stereocenters. The van der Waals surface area contributed by atoms with Gasteiger partial charge in [0.15, 0.2) is 0 Å². The summed E-state index contributed by atoms with van der Waals surface area (Å²) < 4.78 is 2.32. The first-order valence-electron chi connectivity index (χ1n) is 10.5. The first kappa shape index (κ1) is 20.9. The van der Waals surface area contributed by atoms with E-state index >= 15 is 0 Å². The maximum atomic E-state index is 2.32. The number of hydrogen-bond acceptors (Lipinski definition) is 1. The summed E-state index contributed by atoms with van der Waals surface area (Å²) in [6.45, 7) is 7.26. The van der Waals surface area contributed by atoms with Gasteiger partial charge in [-0.25, -0.2) is 0 Å². The van der Waals surface area contributed by atoms with Gasteiger partial charge in [0.25, 0.3) is 0 Å². The van der Waals surface area contributed by atoms with E-state index in [2.05, 4.69) is 110 Å². The fourth-order valence-electron chi connectivity index (χ4n) is 3.77. The maximum Gasteiger partial charge on any atom is 0.0568 e. The van der Waals surface area contributed by atoms with Crippen molar-refractivity contribution in [3.63, 3.8) is 0 Å². The third-order valence-corrected chi connectivity index (χ3v) is 5.42. The highest BCUT2D eigenvalue weighted by molar-refractivity contribution is 6.22. The molecular weight excluding hydrogens is 352 g/mol. The number of rotatable bonds is 1. The predicted molar refractivity (Wildman–Crippen MR) is 131 cm³/mol. The second-order valence-corrected chi connectivity index (χ2v) is 7.32. The minimum atomic E-state index is 1.14. The van der Waals surface area contributed by atoms with Gasteiger partial charge in [-0.15, -0.1) is 0 Å². The molecule has 2 heteroatoms. The van der Waals surface area contributed by atoms with Gasteiger partial charge in [-0.05, 0) is 42.9 Å². The molecule has 0 aliphatic rings. The molecule has 1 heterocycles. The van der Waals surface area contributed by atoms with Crippen molar-refractivity contribution in [3.05, 3.63) is 72.8 Å². The fraction of sp³-hybridized carbons (Fsp3) is 0.259. The van der Waals surface area contributed by atoms with E-state index < -0.39 is 0 Å². The molecule has 0 aliphatic carbocycles. The van der Waals surface area contributed by atoms with Crippen molar-refractivity contribution < 1.29 is 0 Å². The van der Waals surface area contributed by atoms with Crippen LogP contribution in [-0.4, -0.2) is 30.1 Å². The first-order chi connectivity index (χ1) is 14.1. The zero-order valence-electron chi connectivity index (χ0n) is 18.5. The summed E-state index contributed by atoms with van der Waals surface area (Å²) in [5, 5.41) is 7.95. The summed E-state index contributed by atoms with van der Waals surface area (Å²) in [5.41, 5.74) is 2.61. The van der Waals surface area contributed by atoms with E-state index in [0.717, 1.165) is 6.54 Å². The van der Waals surface area contributed by atoms with Gasteiger partial charge in [0.2, 0.25) is 0 Å². The lowest BCUT2D eigenvalue weighted by molar-refractivity contribution is 0.434. The van der Waals surface area contributed by atoms with Crippen LogP contribution in [0.5, 0.6) is 0 Å². The van der Waals surface area contributed by atoms with Crippen LogP contribution in [0.4, 0.5) is 0 Å². The number of benzene rings is 4. The molecular formula is C27H32N2. The number of para-hydroxylation sites is 1. The Balaban J connectivity index is 0.000000304. The molecule has 5 aromatic rings. The van der Waals surface area contributed by atoms with Crippen LogP contribution in [0.2, 0.25) is 0 Å². The highest BCUT2D eigenvalue weighted by Gasteiger charge is 2.11. The van der Waals surface area contributed by atoms with Crippen molar-refractivity contribution >= 4 is 43.4 Å². The topological polar surface area (TPSA) is 8.17 Å². The van der Waals surface area contributed by atoms with E-state index in [1.807, 2.05) is 13.8 Å². The standard InChI is InChI=1S/C21H15N.C4H11N.C2H6/c1-22-20-9-5-4-8-17(20)19-13-12-16-15-7-3-2-6-14(15)10-11-18(16)21(19)22;1-4-5(2)3;1-2/h2-13H,1H3;4H2,1-3H3;1-2H3. The normalized spacial score (nSPS) is 10.9. The second-order valence-electron chi connectivity index (χ2n) is 7.32. The number of aryl methyl sites for hydroxylation is 1. The highest BCUT2D eigenvalue weighted by Crippen LogP contribution is 2.35. The number of nitrogens with zero attached hydrogens (tertiary/aromatic N) is 2. The summed E-state index contributed by atoms with van der Waals surface area (Å²) in [4.78, 5) is 2.12. The average molecular weight is 385 g/mol. The fourth-order valence-corrected chi connectivity index (χ4v) is 3.77. The van der Waals surface area contributed by atoms with Crippen molar-refractivity contribution in [2.75, 3.05) is 20.6 Å². The summed E-state index contributed by atoms with van der Waals surface area (Å²) >= 11 is 0. The van der Waals surface area contributed by atoms with E-state index in [1.165, 1.54) is 43.4 Å². The van der Waals surface area contributed by atoms with Crippen LogP contribution >= 0.6 is 0 Å². The van der Waals surface area contributed by atoms with Gasteiger partial charge in [-0.2, -0.15) is 0 Å². The first-order valence-corrected chi connectivity index (χ1v) is 10.5. The quantitative estimate of drug-likeness (QED) is 0.277. The minimum Gasteiger partial charge on any atom is -0.343 e. The molecule has 0 saturated carbocycles. The lowest BCUT2D eigenvalue weighted by Gasteiger charge is -2.07. The molecule has 0 aliphatic heterocycles. The predicted octanol–water partition coefficient (Wildman–Crippen LogP) is 7.23. The van der Waals surface area contributed by atoms with Crippen LogP contribution in [0.1, 0.15) is 20.8 Å². The molecule has 0 fully saturated rings. The van der Waals surface area contributed by atoms with Gasteiger partial charge in [0.1, 0.15) is 0 Å². The van der Waals surface area contributed by atoms with Crippen molar-refractivity contribution in [1.82, 2.24) is 9.47 Å². The van der Waals surface area contributed by atoms with Crippen molar-refractivity contribution in [3.8, 4) is 0 Å². The van der Waals surface area contributed by atoms with Crippen molar-refractivity contribution in [2.45, 2.75) is 20.8 Å². The zero-order valence-corrected chi connectivity index (χ0v) is 18.5. The monoisotopic (exact) mass is 384 g/mol. The molecule has 2 nitrogen and oxygen atoms in total. The molecule has 0 saturated heterocycles. The molecule has 5 rings (SSSR count). The summed E-state index contributed by atoms with van der Waals surface area (Å²) in [6, 6.07) is 26.3. The van der Waals surface area contributed by atoms with E-state index in [9.17, 15) is 0 Å². The van der Waals surface area contributed by atoms with Gasteiger partial charge in [0, 0.05) is 28.7 Å². The zero-order chi connectivity index (χ0) is 21.0. The van der Waals surface area contributed by atoms with Gasteiger partial charge in [-0.3, -0.25) is 0 Å². The maximum absolute atomic E-state index is 2.32. The van der Waals surface area contributed by atoms with Crippen LogP contribution in [-0.2, 0) is 7.05 Å². The van der Waals surface area contributed by atoms with Crippen LogP contribution in [0, 0.1) is 0 Å². The molecule has 0 radical (unpaired) electrons. The molecule has 1 aromatic heterocycles. The van der Waals surface area contributed by atoms with Gasteiger partial charge >= 0.3 is 0 Å². The Morgan fingerprint density at radius 2 is 1.17 bits per heavy atom. The van der Waals surface area contributed by atoms with Gasteiger partial charge in [-0.1, -0.05) is 87.5 Å². The van der Waals surface area contributed by atoms with E-state index in [4.69, 9.17) is 0 Å². The molecule has 150 valence electrons. The van der Waals surface area contributed by atoms with E-state index in [-0.39, 0.29) is 0 Å². The number of aromatic nitrogens is 1. The SMILES string of the molecule is CC.CCN(C)C.Cn1c2ccccc2c2ccc3c4ccccc4ccc3c21. The van der Waals surface area contributed by atoms with Crippen LogP contribution in [0.15, 0.2) is 72.8 Å². The largest absolute Gasteiger partial charge is 0.343 e. The third-order valence-electron chi connectivity index (χ3n) is 5.42. The van der Waals surface area contributed by atoms with Crippen LogP contribution in [0.25, 0.3) is 43.4 Å². The molecule has 29 heavy (non-hydrogen) atoms. The smallest absolute Gasteiger partial charge is 0.0568 e. The number of fused-ring (bicyclic) bond motifs is 7. The Morgan fingerprint density at radius 3 is 1.86 bits per heavy atom. The van der Waals surface area contributed by atoms with Crippen LogP contribution < -0.4 is 0 Å². The molecule has 0 amide bonds. The van der Waals surface area contributed by atoms with Gasteiger partial charge < -0.3 is 9.47 Å². The Bertz CT molecular complexity index is 1250. The van der Waals surface area contributed by atoms with Crippen molar-refractivity contribution in [2.24, 2.45) is 7.05 Å². The molecule has 0 N–H and O–H groups in total. The third kappa shape index (κ3) is 3.86. The Labute approximate surface area is 174 Å². The van der Waals surface area contributed by atoms with Crippen LogP contribution in [0.3, 0.4) is 0 Å². The van der Waals surface area contributed by atoms with E-state index in [1.54, 1.807) is 0 Å². The second kappa shape index (κ2) is 9.11. The van der Waals surface area contributed by atoms with Crippen molar-refractivity contribution in [1.29, 1.82) is 0 Å². The number of hydrogen-bond donors (Lipinski definition) is 0. The Hall–Kier alpha value is -2.84. The summed E-state index contributed by atoms with van der Waals surface area (Å²) in [7, 11) is 6.28. The molecule has 0 spiro atoms. The molecule has 0 unspecified atom stereocenters. The lowest BCUT2D eigenvalue weighted by atomic mass is 9.99. The summed E-state index contributed by atoms with van der Waals surface area (Å²) in [5.74, 6) is 0. The Kier molecular flexibility index (Phi) is 6.56. The van der Waals surface area contributed by atoms with E-state index in [0.29, 0.717) is 0 Å². The lowest BCUT2D eigenvalue weighted by Crippen LogP contribution is -2.08. The average Bonchev–Trinajstić information content (AvgIpc) is 3.08. The minimum absolute atomic E-state index is 1.14. The summed E-state index contributed by atoms with van der Waals surface area (Å²) in [6.07, 6.45) is 0. The highest BCUT2D eigenvalue weighted by atomic mass is 15.0. The Morgan fingerprint density at radius 1 is 0.655 bits per heavy atom.